The Morgan fingerprint density at radius 3 is 2.42 bits per heavy atom. The van der Waals surface area contributed by atoms with Crippen LogP contribution in [0.4, 0.5) is 13.2 Å². The Morgan fingerprint density at radius 1 is 1.24 bits per heavy atom. The third kappa shape index (κ3) is 7.28. The third-order valence-electron chi connectivity index (χ3n) is 6.26. The van der Waals surface area contributed by atoms with Gasteiger partial charge in [0.2, 0.25) is 0 Å². The molecule has 1 aromatic heterocycles. The molecule has 0 bridgehead atoms. The SMILES string of the molecule is CN(Cc1ccccc1)C1COC2(CCN(Cc3cnn(C)c3)CC2)C1.O=C(O)C(F)(F)F. The third-order valence-corrected chi connectivity index (χ3v) is 6.26. The lowest BCUT2D eigenvalue weighted by Crippen LogP contribution is -2.44. The number of hydrogen-bond acceptors (Lipinski definition) is 5. The fourth-order valence-corrected chi connectivity index (χ4v) is 4.38. The van der Waals surface area contributed by atoms with Crippen molar-refractivity contribution in [2.75, 3.05) is 26.7 Å². The van der Waals surface area contributed by atoms with Crippen molar-refractivity contribution < 1.29 is 27.8 Å². The van der Waals surface area contributed by atoms with Crippen LogP contribution in [0.1, 0.15) is 30.4 Å². The molecule has 4 rings (SSSR count). The molecule has 1 unspecified atom stereocenters. The number of nitrogens with zero attached hydrogens (tertiary/aromatic N) is 4. The Hall–Kier alpha value is -2.43. The topological polar surface area (TPSA) is 70.8 Å². The maximum atomic E-state index is 10.6. The summed E-state index contributed by atoms with van der Waals surface area (Å²) in [4.78, 5) is 13.9. The number of likely N-dealkylation sites (N-methyl/N-ethyl adjacent to an activating group) is 1. The first-order chi connectivity index (χ1) is 15.6. The Labute approximate surface area is 191 Å². The number of aliphatic carboxylic acids is 1. The van der Waals surface area contributed by atoms with E-state index in [-0.39, 0.29) is 5.60 Å². The van der Waals surface area contributed by atoms with Crippen molar-refractivity contribution in [3.05, 3.63) is 53.9 Å². The van der Waals surface area contributed by atoms with Crippen molar-refractivity contribution in [2.24, 2.45) is 7.05 Å². The molecule has 7 nitrogen and oxygen atoms in total. The van der Waals surface area contributed by atoms with Gasteiger partial charge in [0.15, 0.2) is 0 Å². The van der Waals surface area contributed by atoms with Gasteiger partial charge in [-0.05, 0) is 31.9 Å². The number of halogens is 3. The van der Waals surface area contributed by atoms with Crippen molar-refractivity contribution in [3.8, 4) is 0 Å². The number of likely N-dealkylation sites (tertiary alicyclic amines) is 1. The number of carboxylic acids is 1. The number of hydrogen-bond donors (Lipinski definition) is 1. The first kappa shape index (κ1) is 25.2. The number of ether oxygens (including phenoxy) is 1. The van der Waals surface area contributed by atoms with E-state index in [4.69, 9.17) is 14.6 Å². The molecule has 0 saturated carbocycles. The highest BCUT2D eigenvalue weighted by atomic mass is 19.4. The molecule has 2 aliphatic rings. The highest BCUT2D eigenvalue weighted by molar-refractivity contribution is 5.73. The van der Waals surface area contributed by atoms with Gasteiger partial charge < -0.3 is 9.84 Å². The zero-order chi connectivity index (χ0) is 24.1. The van der Waals surface area contributed by atoms with Crippen molar-refractivity contribution in [1.29, 1.82) is 0 Å². The summed E-state index contributed by atoms with van der Waals surface area (Å²) in [5, 5.41) is 11.4. The Balaban J connectivity index is 0.000000383. The van der Waals surface area contributed by atoms with Crippen LogP contribution in [0.3, 0.4) is 0 Å². The molecular formula is C23H31F3N4O3. The number of carbonyl (C=O) groups is 1. The fourth-order valence-electron chi connectivity index (χ4n) is 4.38. The second-order valence-electron chi connectivity index (χ2n) is 8.85. The molecule has 10 heteroatoms. The lowest BCUT2D eigenvalue weighted by Gasteiger charge is -2.38. The van der Waals surface area contributed by atoms with Gasteiger partial charge in [-0.3, -0.25) is 14.5 Å². The van der Waals surface area contributed by atoms with E-state index in [0.29, 0.717) is 6.04 Å². The van der Waals surface area contributed by atoms with Crippen molar-refractivity contribution in [2.45, 2.75) is 50.2 Å². The normalized spacial score (nSPS) is 20.6. The summed E-state index contributed by atoms with van der Waals surface area (Å²) in [5.74, 6) is -2.76. The van der Waals surface area contributed by atoms with Crippen LogP contribution >= 0.6 is 0 Å². The van der Waals surface area contributed by atoms with E-state index in [0.717, 1.165) is 52.0 Å². The maximum Gasteiger partial charge on any atom is 0.490 e. The van der Waals surface area contributed by atoms with Crippen LogP contribution in [-0.2, 0) is 29.7 Å². The summed E-state index contributed by atoms with van der Waals surface area (Å²) in [7, 11) is 4.21. The Morgan fingerprint density at radius 2 is 1.88 bits per heavy atom. The standard InChI is InChI=1S/C21H30N4O.C2HF3O2/c1-23(14-18-6-4-3-5-7-18)20-12-21(26-17-20)8-10-25(11-9-21)16-19-13-22-24(2)15-19;3-2(4,5)1(6)7/h3-7,13,15,20H,8-12,14,16-17H2,1-2H3;(H,6,7). The van der Waals surface area contributed by atoms with E-state index in [1.807, 2.05) is 17.9 Å². The van der Waals surface area contributed by atoms with E-state index in [2.05, 4.69) is 58.5 Å². The number of aromatic nitrogens is 2. The average Bonchev–Trinajstić information content (AvgIpc) is 3.37. The molecule has 0 radical (unpaired) electrons. The number of carboxylic acid groups (broad SMARTS) is 1. The smallest absolute Gasteiger partial charge is 0.475 e. The number of rotatable bonds is 5. The van der Waals surface area contributed by atoms with Crippen LogP contribution in [0.15, 0.2) is 42.7 Å². The van der Waals surface area contributed by atoms with Crippen LogP contribution in [0.5, 0.6) is 0 Å². The van der Waals surface area contributed by atoms with Crippen LogP contribution < -0.4 is 0 Å². The molecular weight excluding hydrogens is 437 g/mol. The van der Waals surface area contributed by atoms with Gasteiger partial charge in [-0.15, -0.1) is 0 Å². The zero-order valence-electron chi connectivity index (χ0n) is 19.0. The molecule has 1 aromatic carbocycles. The van der Waals surface area contributed by atoms with E-state index in [9.17, 15) is 13.2 Å². The van der Waals surface area contributed by atoms with Crippen LogP contribution in [-0.4, -0.2) is 75.2 Å². The van der Waals surface area contributed by atoms with E-state index in [1.54, 1.807) is 0 Å². The molecule has 2 saturated heterocycles. The van der Waals surface area contributed by atoms with Crippen molar-refractivity contribution in [3.63, 3.8) is 0 Å². The van der Waals surface area contributed by atoms with Crippen molar-refractivity contribution >= 4 is 5.97 Å². The number of aryl methyl sites for hydroxylation is 1. The lowest BCUT2D eigenvalue weighted by atomic mass is 9.87. The minimum absolute atomic E-state index is 0.0983. The van der Waals surface area contributed by atoms with Crippen LogP contribution in [0, 0.1) is 0 Å². The summed E-state index contributed by atoms with van der Waals surface area (Å²) in [6.07, 6.45) is 2.46. The van der Waals surface area contributed by atoms with Gasteiger partial charge in [0.05, 0.1) is 18.4 Å². The first-order valence-electron chi connectivity index (χ1n) is 10.9. The fraction of sp³-hybridized carbons (Fsp3) is 0.565. The van der Waals surface area contributed by atoms with Gasteiger partial charge in [0, 0.05) is 51.0 Å². The number of benzene rings is 1. The van der Waals surface area contributed by atoms with Crippen molar-refractivity contribution in [1.82, 2.24) is 19.6 Å². The number of alkyl halides is 3. The number of piperidine rings is 1. The Bertz CT molecular complexity index is 896. The quantitative estimate of drug-likeness (QED) is 0.726. The summed E-state index contributed by atoms with van der Waals surface area (Å²) in [5.41, 5.74) is 2.78. The molecule has 1 N–H and O–H groups in total. The molecule has 1 spiro atoms. The van der Waals surface area contributed by atoms with Gasteiger partial charge in [-0.2, -0.15) is 18.3 Å². The summed E-state index contributed by atoms with van der Waals surface area (Å²) in [6.45, 7) is 5.10. The Kier molecular flexibility index (Phi) is 8.14. The van der Waals surface area contributed by atoms with Gasteiger partial charge in [-0.25, -0.2) is 4.79 Å². The molecule has 1 atom stereocenters. The first-order valence-corrected chi connectivity index (χ1v) is 10.9. The van der Waals surface area contributed by atoms with Crippen LogP contribution in [0.25, 0.3) is 0 Å². The summed E-state index contributed by atoms with van der Waals surface area (Å²) < 4.78 is 40.0. The highest BCUT2D eigenvalue weighted by Crippen LogP contribution is 2.38. The zero-order valence-corrected chi connectivity index (χ0v) is 19.0. The molecule has 33 heavy (non-hydrogen) atoms. The van der Waals surface area contributed by atoms with Gasteiger partial charge in [0.1, 0.15) is 0 Å². The minimum Gasteiger partial charge on any atom is -0.475 e. The van der Waals surface area contributed by atoms with Crippen LogP contribution in [0.2, 0.25) is 0 Å². The highest BCUT2D eigenvalue weighted by Gasteiger charge is 2.43. The molecule has 2 aromatic rings. The predicted octanol–water partition coefficient (Wildman–Crippen LogP) is 3.31. The summed E-state index contributed by atoms with van der Waals surface area (Å²) in [6, 6.07) is 11.3. The molecule has 2 fully saturated rings. The molecule has 182 valence electrons. The second kappa shape index (κ2) is 10.7. The van der Waals surface area contributed by atoms with E-state index < -0.39 is 12.1 Å². The monoisotopic (exact) mass is 468 g/mol. The minimum atomic E-state index is -5.08. The molecule has 2 aliphatic heterocycles. The molecule has 0 amide bonds. The molecule has 0 aliphatic carbocycles. The van der Waals surface area contributed by atoms with Gasteiger partial charge in [0.25, 0.3) is 0 Å². The van der Waals surface area contributed by atoms with E-state index >= 15 is 0 Å². The average molecular weight is 469 g/mol. The van der Waals surface area contributed by atoms with Gasteiger partial charge >= 0.3 is 12.1 Å². The van der Waals surface area contributed by atoms with Gasteiger partial charge in [-0.1, -0.05) is 30.3 Å². The molecule has 3 heterocycles. The second-order valence-corrected chi connectivity index (χ2v) is 8.85. The lowest BCUT2D eigenvalue weighted by molar-refractivity contribution is -0.192. The predicted molar refractivity (Wildman–Crippen MR) is 116 cm³/mol. The largest absolute Gasteiger partial charge is 0.490 e. The van der Waals surface area contributed by atoms with E-state index in [1.165, 1.54) is 11.1 Å². The maximum absolute atomic E-state index is 10.6. The summed E-state index contributed by atoms with van der Waals surface area (Å²) >= 11 is 0.